The van der Waals surface area contributed by atoms with E-state index < -0.39 is 0 Å². The largest absolute Gasteiger partial charge is 0.319 e. The van der Waals surface area contributed by atoms with E-state index in [0.717, 1.165) is 33.6 Å². The van der Waals surface area contributed by atoms with Gasteiger partial charge in [-0.3, -0.25) is 4.79 Å². The van der Waals surface area contributed by atoms with Crippen LogP contribution in [0.4, 0.5) is 5.69 Å². The number of hydrogen-bond acceptors (Lipinski definition) is 3. The second kappa shape index (κ2) is 7.95. The molecule has 0 aliphatic heterocycles. The van der Waals surface area contributed by atoms with Crippen molar-refractivity contribution in [3.05, 3.63) is 94.8 Å². The van der Waals surface area contributed by atoms with Crippen molar-refractivity contribution >= 4 is 11.6 Å². The second-order valence-corrected chi connectivity index (χ2v) is 7.63. The van der Waals surface area contributed by atoms with Gasteiger partial charge in [0.1, 0.15) is 0 Å². The Balaban J connectivity index is 1.75. The van der Waals surface area contributed by atoms with E-state index in [-0.39, 0.29) is 11.7 Å². The molecule has 0 aliphatic carbocycles. The first-order valence-electron chi connectivity index (χ1n) is 9.90. The molecule has 0 saturated carbocycles. The molecule has 1 aromatic heterocycles. The number of nitrogens with one attached hydrogen (secondary N) is 1. The van der Waals surface area contributed by atoms with Crippen molar-refractivity contribution in [3.8, 4) is 17.1 Å². The molecule has 1 amide bonds. The third kappa shape index (κ3) is 4.01. The van der Waals surface area contributed by atoms with Gasteiger partial charge in [0.2, 0.25) is 5.82 Å². The highest BCUT2D eigenvalue weighted by Crippen LogP contribution is 2.23. The molecule has 0 radical (unpaired) electrons. The third-order valence-electron chi connectivity index (χ3n) is 5.13. The maximum Gasteiger partial charge on any atom is 0.295 e. The molecule has 0 atom stereocenters. The molecule has 4 aromatic rings. The molecular weight excluding hydrogens is 372 g/mol. The van der Waals surface area contributed by atoms with E-state index in [4.69, 9.17) is 0 Å². The van der Waals surface area contributed by atoms with Crippen LogP contribution in [0, 0.1) is 27.7 Å². The zero-order chi connectivity index (χ0) is 21.3. The van der Waals surface area contributed by atoms with Crippen LogP contribution in [-0.4, -0.2) is 20.7 Å². The van der Waals surface area contributed by atoms with E-state index >= 15 is 0 Å². The van der Waals surface area contributed by atoms with Gasteiger partial charge < -0.3 is 5.32 Å². The lowest BCUT2D eigenvalue weighted by molar-refractivity contribution is 0.101. The molecule has 0 bridgehead atoms. The van der Waals surface area contributed by atoms with Crippen molar-refractivity contribution in [3.63, 3.8) is 0 Å². The predicted molar refractivity (Wildman–Crippen MR) is 120 cm³/mol. The molecule has 5 heteroatoms. The SMILES string of the molecule is Cc1ccc(-c2nc(C(=O)Nc3ccc(C)c(C)c3)nn2-c2cccc(C)c2)cc1. The van der Waals surface area contributed by atoms with Gasteiger partial charge in [0.25, 0.3) is 5.91 Å². The van der Waals surface area contributed by atoms with Gasteiger partial charge in [0, 0.05) is 11.3 Å². The highest BCUT2D eigenvalue weighted by Gasteiger charge is 2.19. The number of nitrogens with zero attached hydrogens (tertiary/aromatic N) is 3. The standard InChI is InChI=1S/C25H24N4O/c1-16-8-11-20(12-9-16)24-27-23(28-29(24)22-7-5-6-17(2)14-22)25(30)26-21-13-10-18(3)19(4)15-21/h5-15H,1-4H3,(H,26,30). The van der Waals surface area contributed by atoms with Crippen molar-refractivity contribution < 1.29 is 4.79 Å². The topological polar surface area (TPSA) is 59.8 Å². The Kier molecular flexibility index (Phi) is 5.19. The number of carbonyl (C=O) groups is 1. The Morgan fingerprint density at radius 1 is 0.833 bits per heavy atom. The summed E-state index contributed by atoms with van der Waals surface area (Å²) in [5, 5.41) is 7.46. The zero-order valence-corrected chi connectivity index (χ0v) is 17.6. The molecule has 0 fully saturated rings. The molecule has 1 heterocycles. The monoisotopic (exact) mass is 396 g/mol. The minimum Gasteiger partial charge on any atom is -0.319 e. The van der Waals surface area contributed by atoms with Crippen molar-refractivity contribution in [2.24, 2.45) is 0 Å². The van der Waals surface area contributed by atoms with Crippen LogP contribution in [0.3, 0.4) is 0 Å². The van der Waals surface area contributed by atoms with Gasteiger partial charge in [-0.1, -0.05) is 48.0 Å². The van der Waals surface area contributed by atoms with E-state index in [1.807, 2.05) is 94.4 Å². The highest BCUT2D eigenvalue weighted by molar-refractivity contribution is 6.01. The van der Waals surface area contributed by atoms with E-state index in [9.17, 15) is 4.79 Å². The molecule has 0 aliphatic rings. The van der Waals surface area contributed by atoms with Gasteiger partial charge in [-0.2, -0.15) is 0 Å². The maximum absolute atomic E-state index is 12.9. The number of amides is 1. The number of anilines is 1. The van der Waals surface area contributed by atoms with Crippen LogP contribution in [0.1, 0.15) is 32.9 Å². The average Bonchev–Trinajstić information content (AvgIpc) is 3.17. The number of aryl methyl sites for hydroxylation is 4. The second-order valence-electron chi connectivity index (χ2n) is 7.63. The van der Waals surface area contributed by atoms with E-state index in [0.29, 0.717) is 5.82 Å². The first kappa shape index (κ1) is 19.6. The van der Waals surface area contributed by atoms with Gasteiger partial charge in [0.05, 0.1) is 5.69 Å². The van der Waals surface area contributed by atoms with Gasteiger partial charge in [-0.15, -0.1) is 5.10 Å². The summed E-state index contributed by atoms with van der Waals surface area (Å²) < 4.78 is 1.73. The van der Waals surface area contributed by atoms with Crippen LogP contribution in [-0.2, 0) is 0 Å². The van der Waals surface area contributed by atoms with Crippen LogP contribution in [0.15, 0.2) is 66.7 Å². The van der Waals surface area contributed by atoms with Crippen molar-refractivity contribution in [1.29, 1.82) is 0 Å². The minimum atomic E-state index is -0.335. The van der Waals surface area contributed by atoms with Crippen LogP contribution >= 0.6 is 0 Å². The smallest absolute Gasteiger partial charge is 0.295 e. The summed E-state index contributed by atoms with van der Waals surface area (Å²) in [4.78, 5) is 17.5. The molecule has 1 N–H and O–H groups in total. The minimum absolute atomic E-state index is 0.130. The summed E-state index contributed by atoms with van der Waals surface area (Å²) in [6.45, 7) is 8.13. The molecule has 4 rings (SSSR count). The fourth-order valence-electron chi connectivity index (χ4n) is 3.24. The summed E-state index contributed by atoms with van der Waals surface area (Å²) in [5.41, 5.74) is 7.06. The van der Waals surface area contributed by atoms with E-state index in [1.54, 1.807) is 4.68 Å². The average molecular weight is 396 g/mol. The fourth-order valence-corrected chi connectivity index (χ4v) is 3.24. The molecule has 0 unspecified atom stereocenters. The fraction of sp³-hybridized carbons (Fsp3) is 0.160. The van der Waals surface area contributed by atoms with Crippen LogP contribution in [0.2, 0.25) is 0 Å². The molecule has 150 valence electrons. The highest BCUT2D eigenvalue weighted by atomic mass is 16.2. The number of aromatic nitrogens is 3. The lowest BCUT2D eigenvalue weighted by atomic mass is 10.1. The number of carbonyl (C=O) groups excluding carboxylic acids is 1. The summed E-state index contributed by atoms with van der Waals surface area (Å²) in [6, 6.07) is 21.9. The predicted octanol–water partition coefficient (Wildman–Crippen LogP) is 5.42. The molecular formula is C25H24N4O. The van der Waals surface area contributed by atoms with Crippen molar-refractivity contribution in [1.82, 2.24) is 14.8 Å². The number of rotatable bonds is 4. The first-order valence-corrected chi connectivity index (χ1v) is 9.90. The summed E-state index contributed by atoms with van der Waals surface area (Å²) in [5.74, 6) is 0.425. The summed E-state index contributed by atoms with van der Waals surface area (Å²) >= 11 is 0. The van der Waals surface area contributed by atoms with Gasteiger partial charge >= 0.3 is 0 Å². The van der Waals surface area contributed by atoms with Crippen molar-refractivity contribution in [2.45, 2.75) is 27.7 Å². The van der Waals surface area contributed by atoms with Gasteiger partial charge in [0.15, 0.2) is 5.82 Å². The molecule has 0 saturated heterocycles. The molecule has 30 heavy (non-hydrogen) atoms. The maximum atomic E-state index is 12.9. The van der Waals surface area contributed by atoms with Crippen LogP contribution < -0.4 is 5.32 Å². The number of benzene rings is 3. The first-order chi connectivity index (χ1) is 14.4. The van der Waals surface area contributed by atoms with Crippen molar-refractivity contribution in [2.75, 3.05) is 5.32 Å². The third-order valence-corrected chi connectivity index (χ3v) is 5.13. The Morgan fingerprint density at radius 2 is 1.60 bits per heavy atom. The van der Waals surface area contributed by atoms with Crippen LogP contribution in [0.5, 0.6) is 0 Å². The zero-order valence-electron chi connectivity index (χ0n) is 17.6. The van der Waals surface area contributed by atoms with Crippen LogP contribution in [0.25, 0.3) is 17.1 Å². The normalized spacial score (nSPS) is 10.8. The van der Waals surface area contributed by atoms with E-state index in [1.165, 1.54) is 5.56 Å². The molecule has 3 aromatic carbocycles. The van der Waals surface area contributed by atoms with E-state index in [2.05, 4.69) is 15.4 Å². The lowest BCUT2D eigenvalue weighted by Gasteiger charge is -2.07. The summed E-state index contributed by atoms with van der Waals surface area (Å²) in [6.07, 6.45) is 0. The Bertz CT molecular complexity index is 1220. The Morgan fingerprint density at radius 3 is 2.30 bits per heavy atom. The Hall–Kier alpha value is -3.73. The molecule has 5 nitrogen and oxygen atoms in total. The Labute approximate surface area is 176 Å². The lowest BCUT2D eigenvalue weighted by Crippen LogP contribution is -2.14. The molecule has 0 spiro atoms. The van der Waals surface area contributed by atoms with Gasteiger partial charge in [-0.25, -0.2) is 9.67 Å². The van der Waals surface area contributed by atoms with Gasteiger partial charge in [-0.05, 0) is 68.7 Å². The summed E-state index contributed by atoms with van der Waals surface area (Å²) in [7, 11) is 0. The quantitative estimate of drug-likeness (QED) is 0.501. The number of hydrogen-bond donors (Lipinski definition) is 1.